The molecule has 1 unspecified atom stereocenters. The van der Waals surface area contributed by atoms with Gasteiger partial charge in [-0.3, -0.25) is 0 Å². The Kier molecular flexibility index (Phi) is 3.62. The predicted molar refractivity (Wildman–Crippen MR) is 89.4 cm³/mol. The van der Waals surface area contributed by atoms with Crippen LogP contribution in [0.15, 0.2) is 12.1 Å². The molecular weight excluding hydrogens is 272 g/mol. The van der Waals surface area contributed by atoms with Gasteiger partial charge in [0, 0.05) is 0 Å². The molecule has 1 aromatic rings. The van der Waals surface area contributed by atoms with Crippen molar-refractivity contribution in [3.05, 3.63) is 28.8 Å². The highest BCUT2D eigenvalue weighted by Crippen LogP contribution is 2.57. The van der Waals surface area contributed by atoms with Gasteiger partial charge in [-0.2, -0.15) is 0 Å². The topological polar surface area (TPSA) is 37.3 Å². The normalized spacial score (nSPS) is 29.8. The Labute approximate surface area is 133 Å². The first-order chi connectivity index (χ1) is 10.3. The third kappa shape index (κ3) is 2.11. The molecule has 3 rings (SSSR count). The zero-order valence-electron chi connectivity index (χ0n) is 14.3. The first-order valence-corrected chi connectivity index (χ1v) is 8.64. The zero-order chi connectivity index (χ0) is 16.1. The predicted octanol–water partition coefficient (Wildman–Crippen LogP) is 4.72. The van der Waals surface area contributed by atoms with Crippen LogP contribution in [-0.2, 0) is 16.6 Å². The number of phenolic OH excluding ortho intramolecular Hbond substituents is 1. The summed E-state index contributed by atoms with van der Waals surface area (Å²) >= 11 is 0. The molecule has 0 aliphatic heterocycles. The summed E-state index contributed by atoms with van der Waals surface area (Å²) in [5, 5.41) is 10.5. The lowest BCUT2D eigenvalue weighted by molar-refractivity contribution is -0.119. The summed E-state index contributed by atoms with van der Waals surface area (Å²) in [6.07, 6.45) is 6.52. The number of aromatic hydroxyl groups is 1. The Morgan fingerprint density at radius 2 is 2.00 bits per heavy atom. The third-order valence-corrected chi connectivity index (χ3v) is 6.27. The van der Waals surface area contributed by atoms with Gasteiger partial charge in [-0.15, -0.1) is 0 Å². The fraction of sp³-hybridized carbons (Fsp3) is 0.650. The molecule has 0 heterocycles. The number of carbonyl (C=O) groups is 1. The molecule has 0 bridgehead atoms. The van der Waals surface area contributed by atoms with E-state index in [1.165, 1.54) is 18.3 Å². The summed E-state index contributed by atoms with van der Waals surface area (Å²) in [4.78, 5) is 12.2. The molecular formula is C20H28O2. The van der Waals surface area contributed by atoms with Crippen molar-refractivity contribution < 1.29 is 9.90 Å². The average molecular weight is 300 g/mol. The van der Waals surface area contributed by atoms with Crippen molar-refractivity contribution in [3.63, 3.8) is 0 Å². The molecule has 2 nitrogen and oxygen atoms in total. The molecule has 0 spiro atoms. The Hall–Kier alpha value is -1.31. The van der Waals surface area contributed by atoms with E-state index in [1.54, 1.807) is 0 Å². The summed E-state index contributed by atoms with van der Waals surface area (Å²) in [6, 6.07) is 4.06. The largest absolute Gasteiger partial charge is 0.508 e. The smallest absolute Gasteiger partial charge is 0.130 e. The number of carbonyl (C=O) groups excluding carboxylic acids is 1. The Morgan fingerprint density at radius 3 is 2.64 bits per heavy atom. The van der Waals surface area contributed by atoms with Crippen LogP contribution in [0.1, 0.15) is 76.0 Å². The van der Waals surface area contributed by atoms with Gasteiger partial charge in [-0.25, -0.2) is 0 Å². The molecule has 0 radical (unpaired) electrons. The van der Waals surface area contributed by atoms with E-state index >= 15 is 0 Å². The van der Waals surface area contributed by atoms with Crippen molar-refractivity contribution in [3.8, 4) is 5.75 Å². The summed E-state index contributed by atoms with van der Waals surface area (Å²) in [5.74, 6) is 1.06. The highest BCUT2D eigenvalue weighted by atomic mass is 16.3. The molecule has 2 atom stereocenters. The molecule has 1 saturated carbocycles. The lowest BCUT2D eigenvalue weighted by atomic mass is 9.50. The van der Waals surface area contributed by atoms with Gasteiger partial charge in [0.2, 0.25) is 0 Å². The summed E-state index contributed by atoms with van der Waals surface area (Å²) in [5.41, 5.74) is 3.20. The monoisotopic (exact) mass is 300 g/mol. The van der Waals surface area contributed by atoms with E-state index < -0.39 is 0 Å². The van der Waals surface area contributed by atoms with Crippen molar-refractivity contribution >= 4 is 6.29 Å². The standard InChI is InChI=1S/C20H28O2/c1-13(2)15-10-14-6-7-18-19(3,4)8-5-9-20(18,12-21)16(14)11-17(15)22/h10-13,18,22H,5-9H2,1-4H3/t18?,20-/m0/s1. The molecule has 0 amide bonds. The number of fused-ring (bicyclic) bond motifs is 3. The number of hydrogen-bond acceptors (Lipinski definition) is 2. The molecule has 0 aromatic heterocycles. The maximum absolute atomic E-state index is 12.2. The number of hydrogen-bond donors (Lipinski definition) is 1. The third-order valence-electron chi connectivity index (χ3n) is 6.27. The number of phenols is 1. The van der Waals surface area contributed by atoms with Crippen LogP contribution in [0.2, 0.25) is 0 Å². The van der Waals surface area contributed by atoms with E-state index in [-0.39, 0.29) is 10.8 Å². The number of benzene rings is 1. The average Bonchev–Trinajstić information content (AvgIpc) is 2.45. The molecule has 1 aromatic carbocycles. The lowest BCUT2D eigenvalue weighted by Gasteiger charge is -2.53. The Morgan fingerprint density at radius 1 is 1.27 bits per heavy atom. The van der Waals surface area contributed by atoms with Crippen molar-refractivity contribution in [2.45, 2.75) is 71.1 Å². The van der Waals surface area contributed by atoms with Crippen LogP contribution in [0.4, 0.5) is 0 Å². The van der Waals surface area contributed by atoms with E-state index in [4.69, 9.17) is 0 Å². The van der Waals surface area contributed by atoms with Crippen LogP contribution in [0.25, 0.3) is 0 Å². The van der Waals surface area contributed by atoms with Gasteiger partial charge >= 0.3 is 0 Å². The van der Waals surface area contributed by atoms with Gasteiger partial charge in [0.05, 0.1) is 5.41 Å². The maximum atomic E-state index is 12.2. The van der Waals surface area contributed by atoms with Gasteiger partial charge < -0.3 is 9.90 Å². The van der Waals surface area contributed by atoms with E-state index in [9.17, 15) is 9.90 Å². The van der Waals surface area contributed by atoms with E-state index in [2.05, 4.69) is 33.8 Å². The van der Waals surface area contributed by atoms with Gasteiger partial charge in [-0.1, -0.05) is 40.2 Å². The van der Waals surface area contributed by atoms with Gasteiger partial charge in [0.15, 0.2) is 0 Å². The maximum Gasteiger partial charge on any atom is 0.130 e. The molecule has 0 saturated heterocycles. The van der Waals surface area contributed by atoms with Crippen molar-refractivity contribution in [2.24, 2.45) is 11.3 Å². The van der Waals surface area contributed by atoms with Crippen molar-refractivity contribution in [2.75, 3.05) is 0 Å². The zero-order valence-corrected chi connectivity index (χ0v) is 14.3. The highest BCUT2D eigenvalue weighted by Gasteiger charge is 2.52. The minimum atomic E-state index is -0.387. The van der Waals surface area contributed by atoms with Crippen LogP contribution in [-0.4, -0.2) is 11.4 Å². The minimum absolute atomic E-state index is 0.198. The Bertz CT molecular complexity index is 600. The van der Waals surface area contributed by atoms with Gasteiger partial charge in [0.1, 0.15) is 12.0 Å². The fourth-order valence-corrected chi connectivity index (χ4v) is 5.11. The molecule has 1 fully saturated rings. The molecule has 120 valence electrons. The SMILES string of the molecule is CC(C)c1cc2c(cc1O)[C@@]1(C=O)CCCC(C)(C)C1CC2. The second-order valence-electron chi connectivity index (χ2n) is 8.31. The van der Waals surface area contributed by atoms with Crippen LogP contribution in [0.3, 0.4) is 0 Å². The highest BCUT2D eigenvalue weighted by molar-refractivity contribution is 5.73. The number of aryl methyl sites for hydroxylation is 1. The summed E-state index contributed by atoms with van der Waals surface area (Å²) < 4.78 is 0. The van der Waals surface area contributed by atoms with E-state index in [0.717, 1.165) is 36.8 Å². The lowest BCUT2D eigenvalue weighted by Crippen LogP contribution is -2.50. The van der Waals surface area contributed by atoms with Gasteiger partial charge in [0.25, 0.3) is 0 Å². The summed E-state index contributed by atoms with van der Waals surface area (Å²) in [7, 11) is 0. The molecule has 22 heavy (non-hydrogen) atoms. The molecule has 2 heteroatoms. The van der Waals surface area contributed by atoms with E-state index in [0.29, 0.717) is 17.6 Å². The van der Waals surface area contributed by atoms with Crippen LogP contribution in [0, 0.1) is 11.3 Å². The first kappa shape index (κ1) is 15.6. The van der Waals surface area contributed by atoms with Crippen LogP contribution >= 0.6 is 0 Å². The second-order valence-corrected chi connectivity index (χ2v) is 8.31. The van der Waals surface area contributed by atoms with Crippen molar-refractivity contribution in [1.29, 1.82) is 0 Å². The molecule has 2 aliphatic carbocycles. The molecule has 1 N–H and O–H groups in total. The number of rotatable bonds is 2. The van der Waals surface area contributed by atoms with Crippen LogP contribution < -0.4 is 0 Å². The van der Waals surface area contributed by atoms with Gasteiger partial charge in [-0.05, 0) is 65.7 Å². The quantitative estimate of drug-likeness (QED) is 0.802. The van der Waals surface area contributed by atoms with E-state index in [1.807, 2.05) is 6.07 Å². The summed E-state index contributed by atoms with van der Waals surface area (Å²) in [6.45, 7) is 8.82. The number of aldehydes is 1. The fourth-order valence-electron chi connectivity index (χ4n) is 5.11. The molecule has 2 aliphatic rings. The van der Waals surface area contributed by atoms with Crippen molar-refractivity contribution in [1.82, 2.24) is 0 Å². The van der Waals surface area contributed by atoms with Crippen LogP contribution in [0.5, 0.6) is 5.75 Å². The second kappa shape index (κ2) is 5.11. The minimum Gasteiger partial charge on any atom is -0.508 e. The first-order valence-electron chi connectivity index (χ1n) is 8.64. The Balaban J connectivity index is 2.18.